The summed E-state index contributed by atoms with van der Waals surface area (Å²) in [5.41, 5.74) is 2.90. The summed E-state index contributed by atoms with van der Waals surface area (Å²) in [6, 6.07) is 4.09. The molecule has 0 aliphatic rings. The molecule has 0 aliphatic heterocycles. The number of hydrogen-bond donors (Lipinski definition) is 2. The molecule has 1 atom stereocenters. The van der Waals surface area contributed by atoms with E-state index in [0.29, 0.717) is 12.2 Å². The predicted molar refractivity (Wildman–Crippen MR) is 96.6 cm³/mol. The minimum Gasteiger partial charge on any atom is -0.493 e. The lowest BCUT2D eigenvalue weighted by atomic mass is 10.00. The van der Waals surface area contributed by atoms with E-state index in [1.54, 1.807) is 31.0 Å². The molecule has 6 nitrogen and oxygen atoms in total. The van der Waals surface area contributed by atoms with E-state index in [0.717, 1.165) is 16.9 Å². The molecule has 0 aliphatic carbocycles. The Labute approximate surface area is 148 Å². The van der Waals surface area contributed by atoms with Gasteiger partial charge in [-0.1, -0.05) is 6.07 Å². The Hall–Kier alpha value is -2.34. The summed E-state index contributed by atoms with van der Waals surface area (Å²) < 4.78 is 7.37. The fourth-order valence-electron chi connectivity index (χ4n) is 2.56. The van der Waals surface area contributed by atoms with Gasteiger partial charge in [0.25, 0.3) is 0 Å². The molecule has 0 saturated heterocycles. The molecule has 1 heterocycles. The van der Waals surface area contributed by atoms with Gasteiger partial charge in [0.2, 0.25) is 5.91 Å². The second-order valence-electron chi connectivity index (χ2n) is 6.76. The van der Waals surface area contributed by atoms with E-state index in [2.05, 4.69) is 16.5 Å². The van der Waals surface area contributed by atoms with E-state index in [1.807, 2.05) is 26.8 Å². The summed E-state index contributed by atoms with van der Waals surface area (Å²) in [5, 5.41) is 17.2. The van der Waals surface area contributed by atoms with E-state index >= 15 is 0 Å². The van der Waals surface area contributed by atoms with Crippen LogP contribution in [0.15, 0.2) is 24.5 Å². The lowest BCUT2D eigenvalue weighted by molar-refractivity contribution is -0.122. The Kier molecular flexibility index (Phi) is 5.85. The smallest absolute Gasteiger partial charge is 0.223 e. The van der Waals surface area contributed by atoms with Crippen LogP contribution < -0.4 is 10.1 Å². The molecular weight excluding hydrogens is 318 g/mol. The average molecular weight is 345 g/mol. The Balaban J connectivity index is 1.81. The quantitative estimate of drug-likeness (QED) is 0.806. The maximum Gasteiger partial charge on any atom is 0.223 e. The van der Waals surface area contributed by atoms with Crippen LogP contribution in [0.4, 0.5) is 0 Å². The molecule has 25 heavy (non-hydrogen) atoms. The average Bonchev–Trinajstić information content (AvgIpc) is 2.97. The van der Waals surface area contributed by atoms with Crippen molar-refractivity contribution in [2.45, 2.75) is 39.7 Å². The third-order valence-corrected chi connectivity index (χ3v) is 4.31. The van der Waals surface area contributed by atoms with Crippen LogP contribution in [0.2, 0.25) is 0 Å². The van der Waals surface area contributed by atoms with Crippen LogP contribution >= 0.6 is 0 Å². The molecule has 1 aromatic carbocycles. The number of aryl methyl sites for hydroxylation is 3. The van der Waals surface area contributed by atoms with E-state index < -0.39 is 5.60 Å². The van der Waals surface area contributed by atoms with Crippen LogP contribution in [0.3, 0.4) is 0 Å². The SMILES string of the molecule is Cc1cc(C)c(C)c(OCCC(=O)NCC(C)(O)c2cnn(C)c2)c1. The summed E-state index contributed by atoms with van der Waals surface area (Å²) in [6.45, 7) is 8.15. The standard InChI is InChI=1S/C19H27N3O3/c1-13-8-14(2)15(3)17(9-13)25-7-6-18(23)20-12-19(4,24)16-10-21-22(5)11-16/h8-11,24H,6-7,12H2,1-5H3,(H,20,23). The van der Waals surface area contributed by atoms with E-state index in [4.69, 9.17) is 4.74 Å². The van der Waals surface area contributed by atoms with Crippen molar-refractivity contribution in [1.29, 1.82) is 0 Å². The summed E-state index contributed by atoms with van der Waals surface area (Å²) >= 11 is 0. The van der Waals surface area contributed by atoms with Crippen molar-refractivity contribution in [1.82, 2.24) is 15.1 Å². The van der Waals surface area contributed by atoms with Crippen LogP contribution in [0.5, 0.6) is 5.75 Å². The first-order valence-electron chi connectivity index (χ1n) is 8.38. The number of nitrogens with zero attached hydrogens (tertiary/aromatic N) is 2. The van der Waals surface area contributed by atoms with E-state index in [-0.39, 0.29) is 18.9 Å². The van der Waals surface area contributed by atoms with Gasteiger partial charge in [0, 0.05) is 18.8 Å². The maximum atomic E-state index is 12.0. The highest BCUT2D eigenvalue weighted by Crippen LogP contribution is 2.23. The first-order valence-corrected chi connectivity index (χ1v) is 8.38. The molecule has 2 rings (SSSR count). The normalized spacial score (nSPS) is 13.4. The number of carbonyl (C=O) groups excluding carboxylic acids is 1. The van der Waals surface area contributed by atoms with Gasteiger partial charge in [-0.15, -0.1) is 0 Å². The number of amides is 1. The number of hydrogen-bond acceptors (Lipinski definition) is 4. The van der Waals surface area contributed by atoms with Gasteiger partial charge in [0.05, 0.1) is 25.8 Å². The Morgan fingerprint density at radius 2 is 2.08 bits per heavy atom. The molecule has 0 radical (unpaired) electrons. The second kappa shape index (κ2) is 7.70. The summed E-state index contributed by atoms with van der Waals surface area (Å²) in [6.07, 6.45) is 3.56. The summed E-state index contributed by atoms with van der Waals surface area (Å²) in [5.74, 6) is 0.652. The zero-order valence-electron chi connectivity index (χ0n) is 15.6. The van der Waals surface area contributed by atoms with Gasteiger partial charge in [0.1, 0.15) is 11.4 Å². The first kappa shape index (κ1) is 19.0. The van der Waals surface area contributed by atoms with Crippen molar-refractivity contribution >= 4 is 5.91 Å². The number of benzene rings is 1. The van der Waals surface area contributed by atoms with Gasteiger partial charge < -0.3 is 15.2 Å². The number of ether oxygens (including phenoxy) is 1. The zero-order valence-corrected chi connectivity index (χ0v) is 15.6. The van der Waals surface area contributed by atoms with Crippen LogP contribution in [-0.4, -0.2) is 33.9 Å². The number of nitrogens with one attached hydrogen (secondary N) is 1. The molecule has 2 N–H and O–H groups in total. The molecule has 6 heteroatoms. The van der Waals surface area contributed by atoms with Crippen molar-refractivity contribution in [2.75, 3.05) is 13.2 Å². The fourth-order valence-corrected chi connectivity index (χ4v) is 2.56. The monoisotopic (exact) mass is 345 g/mol. The van der Waals surface area contributed by atoms with Crippen molar-refractivity contribution in [3.05, 3.63) is 46.8 Å². The maximum absolute atomic E-state index is 12.0. The highest BCUT2D eigenvalue weighted by molar-refractivity contribution is 5.76. The highest BCUT2D eigenvalue weighted by Gasteiger charge is 2.25. The number of carbonyl (C=O) groups is 1. The van der Waals surface area contributed by atoms with Crippen LogP contribution in [0.1, 0.15) is 35.6 Å². The number of rotatable bonds is 7. The topological polar surface area (TPSA) is 76.4 Å². The molecular formula is C19H27N3O3. The van der Waals surface area contributed by atoms with Gasteiger partial charge in [-0.3, -0.25) is 9.48 Å². The van der Waals surface area contributed by atoms with Crippen LogP contribution in [0.25, 0.3) is 0 Å². The fraction of sp³-hybridized carbons (Fsp3) is 0.474. The lowest BCUT2D eigenvalue weighted by Gasteiger charge is -2.22. The van der Waals surface area contributed by atoms with Gasteiger partial charge in [-0.05, 0) is 50.5 Å². The van der Waals surface area contributed by atoms with Crippen LogP contribution in [0, 0.1) is 20.8 Å². The molecule has 1 amide bonds. The van der Waals surface area contributed by atoms with Crippen molar-refractivity contribution in [2.24, 2.45) is 7.05 Å². The van der Waals surface area contributed by atoms with E-state index in [9.17, 15) is 9.90 Å². The Morgan fingerprint density at radius 1 is 1.36 bits per heavy atom. The minimum absolute atomic E-state index is 0.125. The molecule has 0 fully saturated rings. The highest BCUT2D eigenvalue weighted by atomic mass is 16.5. The third-order valence-electron chi connectivity index (χ3n) is 4.31. The number of aliphatic hydroxyl groups is 1. The second-order valence-corrected chi connectivity index (χ2v) is 6.76. The predicted octanol–water partition coefficient (Wildman–Crippen LogP) is 2.14. The minimum atomic E-state index is -1.16. The van der Waals surface area contributed by atoms with Gasteiger partial charge >= 0.3 is 0 Å². The molecule has 0 bridgehead atoms. The van der Waals surface area contributed by atoms with Gasteiger partial charge in [0.15, 0.2) is 0 Å². The molecule has 2 aromatic rings. The molecule has 136 valence electrons. The molecule has 1 unspecified atom stereocenters. The van der Waals surface area contributed by atoms with Crippen molar-refractivity contribution < 1.29 is 14.6 Å². The van der Waals surface area contributed by atoms with Gasteiger partial charge in [-0.25, -0.2) is 0 Å². The molecule has 0 spiro atoms. The third kappa shape index (κ3) is 5.06. The lowest BCUT2D eigenvalue weighted by Crippen LogP contribution is -2.38. The largest absolute Gasteiger partial charge is 0.493 e. The summed E-state index contributed by atoms with van der Waals surface area (Å²) in [7, 11) is 1.78. The molecule has 0 saturated carbocycles. The number of aromatic nitrogens is 2. The van der Waals surface area contributed by atoms with Crippen molar-refractivity contribution in [3.8, 4) is 5.75 Å². The Bertz CT molecular complexity index is 750. The van der Waals surface area contributed by atoms with Crippen molar-refractivity contribution in [3.63, 3.8) is 0 Å². The zero-order chi connectivity index (χ0) is 18.6. The van der Waals surface area contributed by atoms with E-state index in [1.165, 1.54) is 5.56 Å². The van der Waals surface area contributed by atoms with Gasteiger partial charge in [-0.2, -0.15) is 5.10 Å². The molecule has 1 aromatic heterocycles. The van der Waals surface area contributed by atoms with Crippen LogP contribution in [-0.2, 0) is 17.4 Å². The Morgan fingerprint density at radius 3 is 2.72 bits per heavy atom. The first-order chi connectivity index (χ1) is 11.7. The summed E-state index contributed by atoms with van der Waals surface area (Å²) in [4.78, 5) is 12.0.